The van der Waals surface area contributed by atoms with E-state index >= 15 is 0 Å². The van der Waals surface area contributed by atoms with Crippen LogP contribution < -0.4 is 4.74 Å². The second-order valence-electron chi connectivity index (χ2n) is 9.38. The van der Waals surface area contributed by atoms with E-state index in [0.717, 1.165) is 16.9 Å². The van der Waals surface area contributed by atoms with Crippen molar-refractivity contribution in [2.45, 2.75) is 51.8 Å². The van der Waals surface area contributed by atoms with E-state index in [2.05, 4.69) is 24.2 Å². The Balaban J connectivity index is 1.57. The largest absolute Gasteiger partial charge is 0.497 e. The highest BCUT2D eigenvalue weighted by molar-refractivity contribution is 5.26. The predicted octanol–water partition coefficient (Wildman–Crippen LogP) is 5.01. The molecule has 0 bridgehead atoms. The molecule has 6 heteroatoms. The number of aliphatic hydroxyl groups excluding tert-OH is 1. The van der Waals surface area contributed by atoms with Crippen LogP contribution in [0.2, 0.25) is 0 Å². The van der Waals surface area contributed by atoms with Gasteiger partial charge in [0, 0.05) is 11.8 Å². The molecule has 0 amide bonds. The number of ether oxygens (including phenoxy) is 5. The summed E-state index contributed by atoms with van der Waals surface area (Å²) in [7, 11) is 1.62. The van der Waals surface area contributed by atoms with E-state index in [0.29, 0.717) is 39.3 Å². The van der Waals surface area contributed by atoms with Crippen LogP contribution in [0.25, 0.3) is 0 Å². The number of methoxy groups -OCH3 is 1. The van der Waals surface area contributed by atoms with Crippen molar-refractivity contribution >= 4 is 0 Å². The average molecular weight is 493 g/mol. The van der Waals surface area contributed by atoms with Crippen LogP contribution in [0.5, 0.6) is 5.75 Å². The lowest BCUT2D eigenvalue weighted by molar-refractivity contribution is -0.288. The monoisotopic (exact) mass is 492 g/mol. The summed E-state index contributed by atoms with van der Waals surface area (Å²) in [5.74, 6) is 6.65. The van der Waals surface area contributed by atoms with Crippen LogP contribution in [-0.2, 0) is 32.2 Å². The Hall–Kier alpha value is -3.04. The first kappa shape index (κ1) is 27.5. The van der Waals surface area contributed by atoms with Gasteiger partial charge in [-0.3, -0.25) is 0 Å². The van der Waals surface area contributed by atoms with Gasteiger partial charge in [-0.2, -0.15) is 0 Å². The van der Waals surface area contributed by atoms with Gasteiger partial charge in [0.25, 0.3) is 0 Å². The molecule has 0 aromatic heterocycles. The van der Waals surface area contributed by atoms with Gasteiger partial charge in [0.2, 0.25) is 0 Å². The minimum absolute atomic E-state index is 0.282. The average Bonchev–Trinajstić information content (AvgIpc) is 2.89. The molecule has 1 aliphatic rings. The molecule has 6 nitrogen and oxygen atoms in total. The molecule has 1 N–H and O–H groups in total. The van der Waals surface area contributed by atoms with Crippen LogP contribution in [0.3, 0.4) is 0 Å². The molecule has 1 aliphatic heterocycles. The standard InChI is InChI=1S/C30H36O6/c1-5-28(34-21-25-13-15-26(32-4)16-14-25)27(31)19-30(22-35-29(2,3)36-23-30)17-9-10-18-33-20-24-11-7-6-8-12-24/h6-8,11-16,27,31H,1,17-23H2,2-4H3. The van der Waals surface area contributed by atoms with Crippen LogP contribution in [0.1, 0.15) is 37.8 Å². The fourth-order valence-corrected chi connectivity index (χ4v) is 3.78. The van der Waals surface area contributed by atoms with E-state index in [4.69, 9.17) is 23.7 Å². The van der Waals surface area contributed by atoms with Crippen molar-refractivity contribution in [1.29, 1.82) is 0 Å². The van der Waals surface area contributed by atoms with Crippen molar-refractivity contribution in [2.24, 2.45) is 5.41 Å². The molecular formula is C30H36O6. The Bertz CT molecular complexity index is 1050. The van der Waals surface area contributed by atoms with Gasteiger partial charge >= 0.3 is 0 Å². The number of benzene rings is 2. The normalized spacial score (nSPS) is 16.7. The Morgan fingerprint density at radius 3 is 2.31 bits per heavy atom. The van der Waals surface area contributed by atoms with Crippen molar-refractivity contribution in [3.8, 4) is 17.6 Å². The summed E-state index contributed by atoms with van der Waals surface area (Å²) < 4.78 is 28.6. The molecule has 1 saturated heterocycles. The van der Waals surface area contributed by atoms with Gasteiger partial charge in [-0.25, -0.2) is 0 Å². The SMILES string of the molecule is C=C=C(OCc1ccc(OC)cc1)C(O)CC1(CC#CCOCc2ccccc2)COC(C)(C)OC1. The molecule has 1 heterocycles. The summed E-state index contributed by atoms with van der Waals surface area (Å²) in [5, 5.41) is 11.0. The molecule has 1 unspecified atom stereocenters. The first-order valence-corrected chi connectivity index (χ1v) is 12.0. The van der Waals surface area contributed by atoms with E-state index in [1.165, 1.54) is 0 Å². The number of aliphatic hydroxyl groups is 1. The Morgan fingerprint density at radius 2 is 1.67 bits per heavy atom. The molecule has 0 spiro atoms. The fraction of sp³-hybridized carbons (Fsp3) is 0.433. The van der Waals surface area contributed by atoms with Gasteiger partial charge in [0.15, 0.2) is 11.5 Å². The van der Waals surface area contributed by atoms with Gasteiger partial charge in [0.1, 0.15) is 25.1 Å². The highest BCUT2D eigenvalue weighted by atomic mass is 16.7. The van der Waals surface area contributed by atoms with Crippen molar-refractivity contribution in [1.82, 2.24) is 0 Å². The van der Waals surface area contributed by atoms with E-state index in [1.807, 2.05) is 68.4 Å². The quantitative estimate of drug-likeness (QED) is 0.206. The van der Waals surface area contributed by atoms with Crippen molar-refractivity contribution in [3.05, 3.63) is 83.8 Å². The number of rotatable bonds is 11. The minimum atomic E-state index is -0.926. The zero-order chi connectivity index (χ0) is 25.9. The molecule has 2 aromatic carbocycles. The van der Waals surface area contributed by atoms with Gasteiger partial charge < -0.3 is 28.8 Å². The lowest BCUT2D eigenvalue weighted by Gasteiger charge is -2.43. The van der Waals surface area contributed by atoms with Crippen LogP contribution in [0, 0.1) is 17.3 Å². The third-order valence-corrected chi connectivity index (χ3v) is 5.98. The molecule has 36 heavy (non-hydrogen) atoms. The van der Waals surface area contributed by atoms with E-state index in [9.17, 15) is 5.11 Å². The van der Waals surface area contributed by atoms with Crippen LogP contribution in [-0.4, -0.2) is 43.9 Å². The molecule has 1 atom stereocenters. The third kappa shape index (κ3) is 8.57. The Kier molecular flexibility index (Phi) is 10.2. The molecule has 1 fully saturated rings. The lowest BCUT2D eigenvalue weighted by Crippen LogP contribution is -2.48. The van der Waals surface area contributed by atoms with Gasteiger partial charge in [-0.15, -0.1) is 5.92 Å². The highest BCUT2D eigenvalue weighted by Gasteiger charge is 2.41. The number of hydrogen-bond acceptors (Lipinski definition) is 6. The molecule has 192 valence electrons. The molecule has 0 radical (unpaired) electrons. The topological polar surface area (TPSA) is 66.4 Å². The first-order chi connectivity index (χ1) is 17.3. The second-order valence-corrected chi connectivity index (χ2v) is 9.38. The molecule has 3 rings (SSSR count). The minimum Gasteiger partial charge on any atom is -0.497 e. The lowest BCUT2D eigenvalue weighted by atomic mass is 9.79. The highest BCUT2D eigenvalue weighted by Crippen LogP contribution is 2.37. The van der Waals surface area contributed by atoms with E-state index in [1.54, 1.807) is 7.11 Å². The predicted molar refractivity (Wildman–Crippen MR) is 138 cm³/mol. The van der Waals surface area contributed by atoms with Gasteiger partial charge in [-0.05, 0) is 43.5 Å². The Labute approximate surface area is 214 Å². The smallest absolute Gasteiger partial charge is 0.167 e. The van der Waals surface area contributed by atoms with Crippen LogP contribution in [0.15, 0.2) is 72.7 Å². The van der Waals surface area contributed by atoms with Crippen molar-refractivity contribution in [3.63, 3.8) is 0 Å². The summed E-state index contributed by atoms with van der Waals surface area (Å²) in [6, 6.07) is 17.5. The number of hydrogen-bond donors (Lipinski definition) is 1. The maximum Gasteiger partial charge on any atom is 0.167 e. The maximum atomic E-state index is 11.0. The van der Waals surface area contributed by atoms with Crippen LogP contribution >= 0.6 is 0 Å². The van der Waals surface area contributed by atoms with Gasteiger partial charge in [0.05, 0.1) is 26.9 Å². The zero-order valence-electron chi connectivity index (χ0n) is 21.4. The van der Waals surface area contributed by atoms with E-state index in [-0.39, 0.29) is 12.4 Å². The van der Waals surface area contributed by atoms with Crippen molar-refractivity contribution < 1.29 is 28.8 Å². The van der Waals surface area contributed by atoms with Crippen LogP contribution in [0.4, 0.5) is 0 Å². The fourth-order valence-electron chi connectivity index (χ4n) is 3.78. The molecule has 2 aromatic rings. The van der Waals surface area contributed by atoms with Gasteiger partial charge in [-0.1, -0.05) is 60.7 Å². The zero-order valence-corrected chi connectivity index (χ0v) is 21.4. The first-order valence-electron chi connectivity index (χ1n) is 12.0. The third-order valence-electron chi connectivity index (χ3n) is 5.98. The summed E-state index contributed by atoms with van der Waals surface area (Å²) in [6.45, 7) is 9.39. The van der Waals surface area contributed by atoms with Crippen molar-refractivity contribution in [2.75, 3.05) is 26.9 Å². The summed E-state index contributed by atoms with van der Waals surface area (Å²) in [5.41, 5.74) is 4.29. The summed E-state index contributed by atoms with van der Waals surface area (Å²) in [6.07, 6.45) is -0.105. The Morgan fingerprint density at radius 1 is 1.00 bits per heavy atom. The summed E-state index contributed by atoms with van der Waals surface area (Å²) >= 11 is 0. The van der Waals surface area contributed by atoms with E-state index < -0.39 is 17.3 Å². The molecule has 0 aliphatic carbocycles. The maximum absolute atomic E-state index is 11.0. The summed E-state index contributed by atoms with van der Waals surface area (Å²) in [4.78, 5) is 0. The second kappa shape index (κ2) is 13.3. The molecule has 0 saturated carbocycles. The molecular weight excluding hydrogens is 456 g/mol.